The largest absolute Gasteiger partial charge is 0.0953 e. The van der Waals surface area contributed by atoms with Crippen LogP contribution in [0.3, 0.4) is 0 Å². The van der Waals surface area contributed by atoms with Crippen LogP contribution < -0.4 is 0 Å². The molecule has 0 heteroatoms. The molecule has 0 radical (unpaired) electrons. The standard InChI is InChI=1S/C10H18.CH4/c1-7(2)9(5)10(6)8(3)4;/h7-8H,5-6H2,1-4H3;1H4. The van der Waals surface area contributed by atoms with Crippen LogP contribution in [0.4, 0.5) is 0 Å². The smallest absolute Gasteiger partial charge is 0.0222 e. The first-order valence-electron chi connectivity index (χ1n) is 3.84. The minimum atomic E-state index is 0. The lowest BCUT2D eigenvalue weighted by Gasteiger charge is -2.15. The molecule has 0 amide bonds. The average Bonchev–Trinajstić information content (AvgIpc) is 1.84. The summed E-state index contributed by atoms with van der Waals surface area (Å²) in [6, 6.07) is 0. The summed E-state index contributed by atoms with van der Waals surface area (Å²) in [7, 11) is 0. The summed E-state index contributed by atoms with van der Waals surface area (Å²) in [5.74, 6) is 1.07. The second kappa shape index (κ2) is 5.17. The van der Waals surface area contributed by atoms with E-state index in [9.17, 15) is 0 Å². The van der Waals surface area contributed by atoms with Crippen LogP contribution in [0.5, 0.6) is 0 Å². The third-order valence-electron chi connectivity index (χ3n) is 1.81. The third-order valence-corrected chi connectivity index (χ3v) is 1.81. The Morgan fingerprint density at radius 1 is 0.818 bits per heavy atom. The zero-order valence-corrected chi connectivity index (χ0v) is 7.57. The Morgan fingerprint density at radius 2 is 1.00 bits per heavy atom. The third kappa shape index (κ3) is 4.02. The van der Waals surface area contributed by atoms with Crippen molar-refractivity contribution >= 4 is 0 Å². The summed E-state index contributed by atoms with van der Waals surface area (Å²) < 4.78 is 0. The molecule has 0 heterocycles. The molecule has 0 aromatic heterocycles. The van der Waals surface area contributed by atoms with Crippen molar-refractivity contribution in [2.75, 3.05) is 0 Å². The van der Waals surface area contributed by atoms with E-state index in [1.54, 1.807) is 0 Å². The lowest BCUT2D eigenvalue weighted by atomic mass is 9.91. The SMILES string of the molecule is C.C=C(C(=C)C(C)C)C(C)C. The maximum Gasteiger partial charge on any atom is -0.0222 e. The molecule has 0 aliphatic carbocycles. The first kappa shape index (κ1) is 13.1. The molecular weight excluding hydrogens is 132 g/mol. The van der Waals surface area contributed by atoms with Gasteiger partial charge in [0.2, 0.25) is 0 Å². The maximum atomic E-state index is 3.98. The summed E-state index contributed by atoms with van der Waals surface area (Å²) in [6.07, 6.45) is 0. The molecule has 0 saturated heterocycles. The van der Waals surface area contributed by atoms with E-state index in [4.69, 9.17) is 0 Å². The molecule has 0 nitrogen and oxygen atoms in total. The van der Waals surface area contributed by atoms with Crippen molar-refractivity contribution in [2.24, 2.45) is 11.8 Å². The molecule has 0 saturated carbocycles. The van der Waals surface area contributed by atoms with E-state index >= 15 is 0 Å². The van der Waals surface area contributed by atoms with Gasteiger partial charge in [0.05, 0.1) is 0 Å². The minimum Gasteiger partial charge on any atom is -0.0953 e. The fourth-order valence-electron chi connectivity index (χ4n) is 0.742. The topological polar surface area (TPSA) is 0 Å². The van der Waals surface area contributed by atoms with Gasteiger partial charge < -0.3 is 0 Å². The molecule has 0 aliphatic heterocycles. The van der Waals surface area contributed by atoms with Crippen LogP contribution in [0.25, 0.3) is 0 Å². The molecule has 66 valence electrons. The highest BCUT2D eigenvalue weighted by atomic mass is 14.1. The van der Waals surface area contributed by atoms with Crippen LogP contribution in [0.15, 0.2) is 24.3 Å². The van der Waals surface area contributed by atoms with Crippen molar-refractivity contribution in [1.29, 1.82) is 0 Å². The Hall–Kier alpha value is -0.520. The second-order valence-electron chi connectivity index (χ2n) is 3.36. The summed E-state index contributed by atoms with van der Waals surface area (Å²) in [6.45, 7) is 16.5. The van der Waals surface area contributed by atoms with Gasteiger partial charge in [-0.25, -0.2) is 0 Å². The van der Waals surface area contributed by atoms with Crippen molar-refractivity contribution in [1.82, 2.24) is 0 Å². The second-order valence-corrected chi connectivity index (χ2v) is 3.36. The molecule has 0 atom stereocenters. The molecule has 0 aromatic carbocycles. The zero-order chi connectivity index (χ0) is 8.31. The van der Waals surface area contributed by atoms with Gasteiger partial charge in [-0.05, 0) is 23.0 Å². The van der Waals surface area contributed by atoms with Gasteiger partial charge in [0, 0.05) is 0 Å². The van der Waals surface area contributed by atoms with E-state index in [1.165, 1.54) is 11.1 Å². The zero-order valence-electron chi connectivity index (χ0n) is 7.57. The van der Waals surface area contributed by atoms with Crippen LogP contribution in [-0.4, -0.2) is 0 Å². The Labute approximate surface area is 72.0 Å². The predicted octanol–water partition coefficient (Wildman–Crippen LogP) is 4.05. The van der Waals surface area contributed by atoms with Gasteiger partial charge in [-0.3, -0.25) is 0 Å². The highest BCUT2D eigenvalue weighted by molar-refractivity contribution is 5.27. The molecule has 0 rings (SSSR count). The monoisotopic (exact) mass is 154 g/mol. The molecule has 0 aliphatic rings. The van der Waals surface area contributed by atoms with Crippen molar-refractivity contribution in [3.63, 3.8) is 0 Å². The molecule has 0 unspecified atom stereocenters. The molecule has 11 heavy (non-hydrogen) atoms. The molecule has 0 spiro atoms. The Kier molecular flexibility index (Phi) is 6.16. The Morgan fingerprint density at radius 3 is 1.09 bits per heavy atom. The molecule has 0 aromatic rings. The molecular formula is C11H22. The quantitative estimate of drug-likeness (QED) is 0.538. The van der Waals surface area contributed by atoms with E-state index in [-0.39, 0.29) is 7.43 Å². The van der Waals surface area contributed by atoms with Crippen LogP contribution in [0.1, 0.15) is 35.1 Å². The fraction of sp³-hybridized carbons (Fsp3) is 0.636. The van der Waals surface area contributed by atoms with E-state index in [0.29, 0.717) is 11.8 Å². The first-order chi connectivity index (χ1) is 4.46. The number of rotatable bonds is 3. The first-order valence-corrected chi connectivity index (χ1v) is 3.84. The van der Waals surface area contributed by atoms with Crippen LogP contribution in [0, 0.1) is 11.8 Å². The van der Waals surface area contributed by atoms with E-state index < -0.39 is 0 Å². The maximum absolute atomic E-state index is 3.98. The van der Waals surface area contributed by atoms with Crippen molar-refractivity contribution in [2.45, 2.75) is 35.1 Å². The number of hydrogen-bond acceptors (Lipinski definition) is 0. The number of allylic oxidation sites excluding steroid dienone is 2. The summed E-state index contributed by atoms with van der Waals surface area (Å²) >= 11 is 0. The Balaban J connectivity index is 0. The molecule has 0 bridgehead atoms. The van der Waals surface area contributed by atoms with Gasteiger partial charge in [0.1, 0.15) is 0 Å². The molecule has 0 fully saturated rings. The molecule has 0 N–H and O–H groups in total. The highest BCUT2D eigenvalue weighted by Crippen LogP contribution is 2.21. The Bertz CT molecular complexity index is 120. The lowest BCUT2D eigenvalue weighted by Crippen LogP contribution is -2.00. The normalized spacial score (nSPS) is 9.64. The van der Waals surface area contributed by atoms with Crippen molar-refractivity contribution < 1.29 is 0 Å². The van der Waals surface area contributed by atoms with Gasteiger partial charge in [0.15, 0.2) is 0 Å². The highest BCUT2D eigenvalue weighted by Gasteiger charge is 2.07. The van der Waals surface area contributed by atoms with Crippen molar-refractivity contribution in [3.8, 4) is 0 Å². The summed E-state index contributed by atoms with van der Waals surface area (Å²) in [5.41, 5.74) is 2.38. The minimum absolute atomic E-state index is 0. The van der Waals surface area contributed by atoms with Gasteiger partial charge in [-0.15, -0.1) is 0 Å². The van der Waals surface area contributed by atoms with E-state index in [0.717, 1.165) is 0 Å². The lowest BCUT2D eigenvalue weighted by molar-refractivity contribution is 0.707. The van der Waals surface area contributed by atoms with Gasteiger partial charge in [-0.2, -0.15) is 0 Å². The van der Waals surface area contributed by atoms with Crippen LogP contribution >= 0.6 is 0 Å². The van der Waals surface area contributed by atoms with Gasteiger partial charge in [-0.1, -0.05) is 48.3 Å². The van der Waals surface area contributed by atoms with Gasteiger partial charge in [0.25, 0.3) is 0 Å². The fourth-order valence-corrected chi connectivity index (χ4v) is 0.742. The van der Waals surface area contributed by atoms with Crippen molar-refractivity contribution in [3.05, 3.63) is 24.3 Å². The average molecular weight is 154 g/mol. The van der Waals surface area contributed by atoms with Crippen LogP contribution in [-0.2, 0) is 0 Å². The summed E-state index contributed by atoms with van der Waals surface area (Å²) in [5, 5.41) is 0. The van der Waals surface area contributed by atoms with Gasteiger partial charge >= 0.3 is 0 Å². The predicted molar refractivity (Wildman–Crippen MR) is 54.7 cm³/mol. The summed E-state index contributed by atoms with van der Waals surface area (Å²) in [4.78, 5) is 0. The van der Waals surface area contributed by atoms with E-state index in [1.807, 2.05) is 0 Å². The number of hydrogen-bond donors (Lipinski definition) is 0. The van der Waals surface area contributed by atoms with E-state index in [2.05, 4.69) is 40.9 Å². The van der Waals surface area contributed by atoms with Crippen LogP contribution in [0.2, 0.25) is 0 Å².